The molecule has 1 aromatic carbocycles. The molecule has 0 aliphatic heterocycles. The summed E-state index contributed by atoms with van der Waals surface area (Å²) in [5, 5.41) is 1.58. The van der Waals surface area contributed by atoms with Crippen LogP contribution in [0.4, 0.5) is 0 Å². The zero-order valence-electron chi connectivity index (χ0n) is 12.5. The molecule has 1 aromatic heterocycles. The summed E-state index contributed by atoms with van der Waals surface area (Å²) in [4.78, 5) is 18.5. The van der Waals surface area contributed by atoms with E-state index in [0.717, 1.165) is 10.9 Å². The van der Waals surface area contributed by atoms with Crippen molar-refractivity contribution >= 4 is 28.4 Å². The maximum atomic E-state index is 12.4. The minimum atomic E-state index is -0.0974. The third kappa shape index (κ3) is 3.93. The van der Waals surface area contributed by atoms with E-state index in [1.54, 1.807) is 31.2 Å². The van der Waals surface area contributed by atoms with E-state index >= 15 is 0 Å². The van der Waals surface area contributed by atoms with Crippen LogP contribution in [0.3, 0.4) is 0 Å². The van der Waals surface area contributed by atoms with E-state index < -0.39 is 0 Å². The Morgan fingerprint density at radius 2 is 2.10 bits per heavy atom. The van der Waals surface area contributed by atoms with Gasteiger partial charge in [0, 0.05) is 31.1 Å². The molecule has 0 saturated heterocycles. The number of halogens is 1. The number of fused-ring (bicyclic) bond motifs is 1. The average Bonchev–Trinajstić information content (AvgIpc) is 2.45. The third-order valence-corrected chi connectivity index (χ3v) is 3.49. The van der Waals surface area contributed by atoms with E-state index in [4.69, 9.17) is 16.3 Å². The van der Waals surface area contributed by atoms with Crippen LogP contribution in [0, 0.1) is 5.92 Å². The highest BCUT2D eigenvalue weighted by molar-refractivity contribution is 6.31. The van der Waals surface area contributed by atoms with Crippen molar-refractivity contribution in [2.45, 2.75) is 6.92 Å². The van der Waals surface area contributed by atoms with E-state index in [1.807, 2.05) is 25.1 Å². The van der Waals surface area contributed by atoms with Gasteiger partial charge in [0.05, 0.1) is 12.1 Å². The molecule has 0 N–H and O–H groups in total. The lowest BCUT2D eigenvalue weighted by atomic mass is 10.1. The highest BCUT2D eigenvalue weighted by atomic mass is 35.5. The van der Waals surface area contributed by atoms with Crippen molar-refractivity contribution in [2.75, 3.05) is 27.3 Å². The Morgan fingerprint density at radius 1 is 1.38 bits per heavy atom. The van der Waals surface area contributed by atoms with Crippen LogP contribution in [0.5, 0.6) is 0 Å². The Balaban J connectivity index is 2.18. The lowest BCUT2D eigenvalue weighted by Crippen LogP contribution is -2.32. The maximum Gasteiger partial charge on any atom is 0.272 e. The largest absolute Gasteiger partial charge is 0.384 e. The number of methoxy groups -OCH3 is 1. The fourth-order valence-electron chi connectivity index (χ4n) is 2.29. The highest BCUT2D eigenvalue weighted by Gasteiger charge is 2.16. The standard InChI is InChI=1S/C16H19ClN2O2/c1-11(10-21-3)9-19(2)16(20)14-7-5-12-4-6-13(17)8-15(12)18-14/h4-8,11H,9-10H2,1-3H3. The van der Waals surface area contributed by atoms with Gasteiger partial charge in [-0.1, -0.05) is 30.7 Å². The fraction of sp³-hybridized carbons (Fsp3) is 0.375. The molecule has 2 rings (SSSR count). The van der Waals surface area contributed by atoms with Gasteiger partial charge in [0.15, 0.2) is 0 Å². The van der Waals surface area contributed by atoms with Gasteiger partial charge in [0.2, 0.25) is 0 Å². The number of hydrogen-bond acceptors (Lipinski definition) is 3. The van der Waals surface area contributed by atoms with Gasteiger partial charge in [-0.25, -0.2) is 4.98 Å². The molecule has 0 spiro atoms. The van der Waals surface area contributed by atoms with Gasteiger partial charge in [0.1, 0.15) is 5.69 Å². The summed E-state index contributed by atoms with van der Waals surface area (Å²) in [5.74, 6) is 0.179. The Bertz CT molecular complexity index is 645. The molecular weight excluding hydrogens is 288 g/mol. The van der Waals surface area contributed by atoms with Crippen LogP contribution in [-0.4, -0.2) is 43.1 Å². The summed E-state index contributed by atoms with van der Waals surface area (Å²) < 4.78 is 5.09. The minimum absolute atomic E-state index is 0.0974. The number of benzene rings is 1. The van der Waals surface area contributed by atoms with E-state index in [1.165, 1.54) is 0 Å². The molecule has 0 bridgehead atoms. The number of hydrogen-bond donors (Lipinski definition) is 0. The summed E-state index contributed by atoms with van der Waals surface area (Å²) in [7, 11) is 3.44. The smallest absolute Gasteiger partial charge is 0.272 e. The highest BCUT2D eigenvalue weighted by Crippen LogP contribution is 2.18. The quantitative estimate of drug-likeness (QED) is 0.851. The van der Waals surface area contributed by atoms with Gasteiger partial charge in [-0.05, 0) is 24.1 Å². The van der Waals surface area contributed by atoms with Crippen molar-refractivity contribution in [1.29, 1.82) is 0 Å². The summed E-state index contributed by atoms with van der Waals surface area (Å²) in [6, 6.07) is 9.10. The molecular formula is C16H19ClN2O2. The molecule has 1 heterocycles. The molecule has 0 aliphatic carbocycles. The van der Waals surface area contributed by atoms with Crippen molar-refractivity contribution in [1.82, 2.24) is 9.88 Å². The Hall–Kier alpha value is -1.65. The molecule has 112 valence electrons. The molecule has 0 aliphatic rings. The van der Waals surface area contributed by atoms with Crippen LogP contribution < -0.4 is 0 Å². The number of carbonyl (C=O) groups excluding carboxylic acids is 1. The topological polar surface area (TPSA) is 42.4 Å². The first-order chi connectivity index (χ1) is 10.0. The van der Waals surface area contributed by atoms with Gasteiger partial charge in [0.25, 0.3) is 5.91 Å². The molecule has 2 aromatic rings. The van der Waals surface area contributed by atoms with Gasteiger partial charge < -0.3 is 9.64 Å². The molecule has 1 amide bonds. The summed E-state index contributed by atoms with van der Waals surface area (Å²) in [6.07, 6.45) is 0. The van der Waals surface area contributed by atoms with Crippen molar-refractivity contribution < 1.29 is 9.53 Å². The zero-order chi connectivity index (χ0) is 15.4. The monoisotopic (exact) mass is 306 g/mol. The van der Waals surface area contributed by atoms with Crippen LogP contribution in [0.15, 0.2) is 30.3 Å². The maximum absolute atomic E-state index is 12.4. The molecule has 21 heavy (non-hydrogen) atoms. The average molecular weight is 307 g/mol. The van der Waals surface area contributed by atoms with Gasteiger partial charge in [-0.3, -0.25) is 4.79 Å². The van der Waals surface area contributed by atoms with Gasteiger partial charge in [-0.15, -0.1) is 0 Å². The fourth-order valence-corrected chi connectivity index (χ4v) is 2.46. The van der Waals surface area contributed by atoms with Crippen molar-refractivity contribution in [3.63, 3.8) is 0 Å². The Morgan fingerprint density at radius 3 is 2.81 bits per heavy atom. The SMILES string of the molecule is COCC(C)CN(C)C(=O)c1ccc2ccc(Cl)cc2n1. The first-order valence-corrected chi connectivity index (χ1v) is 7.19. The van der Waals surface area contributed by atoms with Crippen LogP contribution in [0.2, 0.25) is 5.02 Å². The molecule has 4 nitrogen and oxygen atoms in total. The van der Waals surface area contributed by atoms with Crippen LogP contribution in [-0.2, 0) is 4.74 Å². The second-order valence-corrected chi connectivity index (χ2v) is 5.72. The molecule has 1 unspecified atom stereocenters. The number of rotatable bonds is 5. The van der Waals surface area contributed by atoms with Crippen LogP contribution in [0.1, 0.15) is 17.4 Å². The first kappa shape index (κ1) is 15.7. The second-order valence-electron chi connectivity index (χ2n) is 5.28. The number of carbonyl (C=O) groups is 1. The number of aromatic nitrogens is 1. The predicted molar refractivity (Wildman–Crippen MR) is 84.8 cm³/mol. The summed E-state index contributed by atoms with van der Waals surface area (Å²) in [6.45, 7) is 3.29. The minimum Gasteiger partial charge on any atom is -0.384 e. The molecule has 0 radical (unpaired) electrons. The number of ether oxygens (including phenoxy) is 1. The van der Waals surface area contributed by atoms with Crippen LogP contribution in [0.25, 0.3) is 10.9 Å². The lowest BCUT2D eigenvalue weighted by Gasteiger charge is -2.21. The number of nitrogens with zero attached hydrogens (tertiary/aromatic N) is 2. The van der Waals surface area contributed by atoms with Gasteiger partial charge in [-0.2, -0.15) is 0 Å². The van der Waals surface area contributed by atoms with Crippen molar-refractivity contribution in [2.24, 2.45) is 5.92 Å². The van der Waals surface area contributed by atoms with Gasteiger partial charge >= 0.3 is 0 Å². The number of pyridine rings is 1. The van der Waals surface area contributed by atoms with Crippen molar-refractivity contribution in [3.05, 3.63) is 41.0 Å². The number of amides is 1. The molecule has 5 heteroatoms. The lowest BCUT2D eigenvalue weighted by molar-refractivity contribution is 0.0731. The third-order valence-electron chi connectivity index (χ3n) is 3.26. The Kier molecular flexibility index (Phi) is 5.15. The molecule has 0 fully saturated rings. The van der Waals surface area contributed by atoms with E-state index in [2.05, 4.69) is 4.98 Å². The van der Waals surface area contributed by atoms with Crippen LogP contribution >= 0.6 is 11.6 Å². The Labute approximate surface area is 129 Å². The molecule has 0 saturated carbocycles. The van der Waals surface area contributed by atoms with Crippen molar-refractivity contribution in [3.8, 4) is 0 Å². The zero-order valence-corrected chi connectivity index (χ0v) is 13.2. The summed E-state index contributed by atoms with van der Waals surface area (Å²) in [5.41, 5.74) is 1.16. The normalized spacial score (nSPS) is 12.4. The predicted octanol–water partition coefficient (Wildman–Crippen LogP) is 3.24. The molecule has 1 atom stereocenters. The van der Waals surface area contributed by atoms with E-state index in [0.29, 0.717) is 23.9 Å². The van der Waals surface area contributed by atoms with E-state index in [-0.39, 0.29) is 11.8 Å². The van der Waals surface area contributed by atoms with E-state index in [9.17, 15) is 4.79 Å². The second kappa shape index (κ2) is 6.87. The summed E-state index contributed by atoms with van der Waals surface area (Å²) >= 11 is 5.97. The first-order valence-electron chi connectivity index (χ1n) is 6.82.